The van der Waals surface area contributed by atoms with Crippen molar-refractivity contribution in [3.05, 3.63) is 0 Å². The highest BCUT2D eigenvalue weighted by Crippen LogP contribution is 2.32. The number of carbonyl (C=O) groups is 2. The zero-order valence-electron chi connectivity index (χ0n) is 19.7. The van der Waals surface area contributed by atoms with Crippen LogP contribution in [0.2, 0.25) is 0 Å². The number of rotatable bonds is 6. The van der Waals surface area contributed by atoms with E-state index in [0.29, 0.717) is 44.0 Å². The first-order chi connectivity index (χ1) is 15.5. The van der Waals surface area contributed by atoms with Gasteiger partial charge in [-0.3, -0.25) is 25.5 Å². The Morgan fingerprint density at radius 3 is 2.03 bits per heavy atom. The number of ether oxygens (including phenoxy) is 1. The predicted molar refractivity (Wildman–Crippen MR) is 123 cm³/mol. The third kappa shape index (κ3) is 6.01. The Morgan fingerprint density at radius 2 is 1.47 bits per heavy atom. The summed E-state index contributed by atoms with van der Waals surface area (Å²) in [7, 11) is 1.84. The quantitative estimate of drug-likeness (QED) is 0.485. The van der Waals surface area contributed by atoms with Gasteiger partial charge in [-0.15, -0.1) is 0 Å². The van der Waals surface area contributed by atoms with Crippen molar-refractivity contribution in [2.24, 2.45) is 29.4 Å². The van der Waals surface area contributed by atoms with Crippen LogP contribution in [-0.2, 0) is 14.3 Å². The van der Waals surface area contributed by atoms with E-state index in [2.05, 4.69) is 16.0 Å². The molecule has 2 aliphatic heterocycles. The number of carbonyl (C=O) groups excluding carboxylic acids is 2. The van der Waals surface area contributed by atoms with Gasteiger partial charge in [0.05, 0.1) is 6.10 Å². The summed E-state index contributed by atoms with van der Waals surface area (Å²) < 4.78 is 5.52. The summed E-state index contributed by atoms with van der Waals surface area (Å²) in [5.41, 5.74) is 5.42. The molecule has 0 aromatic heterocycles. The van der Waals surface area contributed by atoms with Gasteiger partial charge in [0.2, 0.25) is 11.8 Å². The maximum Gasteiger partial charge on any atom is 0.225 e. The Balaban J connectivity index is 1.12. The molecule has 5 N–H and O–H groups in total. The minimum absolute atomic E-state index is 0.0607. The molecular weight excluding hydrogens is 406 g/mol. The zero-order valence-corrected chi connectivity index (χ0v) is 19.7. The molecule has 2 amide bonds. The largest absolute Gasteiger partial charge is 0.381 e. The van der Waals surface area contributed by atoms with Gasteiger partial charge in [-0.25, -0.2) is 0 Å². The lowest BCUT2D eigenvalue weighted by Gasteiger charge is -2.41. The van der Waals surface area contributed by atoms with Crippen LogP contribution in [-0.4, -0.2) is 68.4 Å². The average Bonchev–Trinajstić information content (AvgIpc) is 2.85. The van der Waals surface area contributed by atoms with Gasteiger partial charge in [-0.1, -0.05) is 0 Å². The van der Waals surface area contributed by atoms with Crippen molar-refractivity contribution >= 4 is 11.8 Å². The number of methoxy groups -OCH3 is 1. The summed E-state index contributed by atoms with van der Waals surface area (Å²) in [6, 6.07) is 0.457. The van der Waals surface area contributed by atoms with E-state index in [1.54, 1.807) is 0 Å². The highest BCUT2D eigenvalue weighted by Gasteiger charge is 2.34. The minimum Gasteiger partial charge on any atom is -0.381 e. The van der Waals surface area contributed by atoms with Gasteiger partial charge in [-0.2, -0.15) is 0 Å². The molecule has 8 heteroatoms. The van der Waals surface area contributed by atoms with Gasteiger partial charge in [0, 0.05) is 51.2 Å². The van der Waals surface area contributed by atoms with Gasteiger partial charge < -0.3 is 15.4 Å². The number of piperidine rings is 1. The van der Waals surface area contributed by atoms with Crippen LogP contribution in [0.4, 0.5) is 0 Å². The standard InChI is InChI=1S/C24H43N5O3/c1-32-21-8-4-16(5-9-21)19-14-26-24(27-15-19)28-20-6-2-18(3-7-20)23(31)29-12-10-17(11-13-29)22(25)30/h16-21,24,26-28H,2-15H2,1H3,(H2,25,30). The molecule has 4 aliphatic rings. The van der Waals surface area contributed by atoms with Crippen LogP contribution in [0.5, 0.6) is 0 Å². The second-order valence-corrected chi connectivity index (χ2v) is 10.5. The minimum atomic E-state index is -0.224. The lowest BCUT2D eigenvalue weighted by Crippen LogP contribution is -2.63. The van der Waals surface area contributed by atoms with Crippen LogP contribution in [0.25, 0.3) is 0 Å². The number of nitrogens with two attached hydrogens (primary N) is 1. The highest BCUT2D eigenvalue weighted by molar-refractivity contribution is 5.80. The van der Waals surface area contributed by atoms with Crippen LogP contribution in [0.3, 0.4) is 0 Å². The van der Waals surface area contributed by atoms with Gasteiger partial charge >= 0.3 is 0 Å². The third-order valence-corrected chi connectivity index (χ3v) is 8.57. The fourth-order valence-corrected chi connectivity index (χ4v) is 6.32. The van der Waals surface area contributed by atoms with E-state index in [9.17, 15) is 9.59 Å². The number of hydrogen-bond acceptors (Lipinski definition) is 6. The Kier molecular flexibility index (Phi) is 8.43. The fraction of sp³-hybridized carbons (Fsp3) is 0.917. The first-order valence-corrected chi connectivity index (χ1v) is 12.9. The van der Waals surface area contributed by atoms with E-state index in [0.717, 1.165) is 44.7 Å². The molecular formula is C24H43N5O3. The first-order valence-electron chi connectivity index (χ1n) is 12.9. The Morgan fingerprint density at radius 1 is 0.844 bits per heavy atom. The number of likely N-dealkylation sites (tertiary alicyclic amines) is 1. The Hall–Kier alpha value is -1.22. The maximum atomic E-state index is 12.9. The molecule has 0 spiro atoms. The molecule has 32 heavy (non-hydrogen) atoms. The molecule has 182 valence electrons. The van der Waals surface area contributed by atoms with E-state index < -0.39 is 0 Å². The molecule has 2 saturated heterocycles. The van der Waals surface area contributed by atoms with Crippen molar-refractivity contribution in [3.8, 4) is 0 Å². The molecule has 0 radical (unpaired) electrons. The maximum absolute atomic E-state index is 12.9. The number of primary amides is 1. The van der Waals surface area contributed by atoms with Crippen LogP contribution in [0.15, 0.2) is 0 Å². The molecule has 8 nitrogen and oxygen atoms in total. The summed E-state index contributed by atoms with van der Waals surface area (Å²) in [6.45, 7) is 3.49. The molecule has 0 bridgehead atoms. The van der Waals surface area contributed by atoms with Crippen molar-refractivity contribution in [1.82, 2.24) is 20.9 Å². The van der Waals surface area contributed by atoms with Gasteiger partial charge in [-0.05, 0) is 76.0 Å². The van der Waals surface area contributed by atoms with E-state index in [1.807, 2.05) is 12.0 Å². The van der Waals surface area contributed by atoms with E-state index in [4.69, 9.17) is 10.5 Å². The van der Waals surface area contributed by atoms with Gasteiger partial charge in [0.25, 0.3) is 0 Å². The lowest BCUT2D eigenvalue weighted by atomic mass is 9.78. The smallest absolute Gasteiger partial charge is 0.225 e. The Labute approximate surface area is 192 Å². The van der Waals surface area contributed by atoms with Crippen LogP contribution >= 0.6 is 0 Å². The summed E-state index contributed by atoms with van der Waals surface area (Å²) in [5, 5.41) is 11.1. The molecule has 4 fully saturated rings. The topological polar surface area (TPSA) is 109 Å². The number of nitrogens with zero attached hydrogens (tertiary/aromatic N) is 1. The molecule has 2 saturated carbocycles. The predicted octanol–water partition coefficient (Wildman–Crippen LogP) is 1.16. The van der Waals surface area contributed by atoms with Gasteiger partial charge in [0.1, 0.15) is 6.29 Å². The van der Waals surface area contributed by atoms with Crippen molar-refractivity contribution in [1.29, 1.82) is 0 Å². The van der Waals surface area contributed by atoms with Crippen molar-refractivity contribution in [2.75, 3.05) is 33.3 Å². The highest BCUT2D eigenvalue weighted by atomic mass is 16.5. The number of hydrogen-bond donors (Lipinski definition) is 4. The summed E-state index contributed by atoms with van der Waals surface area (Å²) >= 11 is 0. The van der Waals surface area contributed by atoms with Crippen molar-refractivity contribution in [3.63, 3.8) is 0 Å². The zero-order chi connectivity index (χ0) is 22.5. The summed E-state index contributed by atoms with van der Waals surface area (Å²) in [5.74, 6) is 1.64. The monoisotopic (exact) mass is 449 g/mol. The molecule has 0 aromatic rings. The molecule has 0 unspecified atom stereocenters. The Bertz CT molecular complexity index is 615. The van der Waals surface area contributed by atoms with Crippen LogP contribution in [0.1, 0.15) is 64.2 Å². The lowest BCUT2D eigenvalue weighted by molar-refractivity contribution is -0.139. The average molecular weight is 450 g/mol. The SMILES string of the molecule is COC1CCC(C2CNC(NC3CCC(C(=O)N4CCC(C(N)=O)CC4)CC3)NC2)CC1. The number of nitrogens with one attached hydrogen (secondary N) is 3. The van der Waals surface area contributed by atoms with Crippen molar-refractivity contribution in [2.45, 2.75) is 82.6 Å². The van der Waals surface area contributed by atoms with E-state index in [1.165, 1.54) is 25.7 Å². The second-order valence-electron chi connectivity index (χ2n) is 10.5. The molecule has 0 aromatic carbocycles. The van der Waals surface area contributed by atoms with Gasteiger partial charge in [0.15, 0.2) is 0 Å². The molecule has 2 heterocycles. The molecule has 0 atom stereocenters. The second kappa shape index (κ2) is 11.3. The first kappa shape index (κ1) is 23.9. The summed E-state index contributed by atoms with van der Waals surface area (Å²) in [6.07, 6.45) is 11.0. The summed E-state index contributed by atoms with van der Waals surface area (Å²) in [4.78, 5) is 26.2. The molecule has 2 aliphatic carbocycles. The number of amides is 2. The fourth-order valence-electron chi connectivity index (χ4n) is 6.32. The molecule has 4 rings (SSSR count). The third-order valence-electron chi connectivity index (χ3n) is 8.57. The normalized spacial score (nSPS) is 37.2. The van der Waals surface area contributed by atoms with E-state index in [-0.39, 0.29) is 29.9 Å². The van der Waals surface area contributed by atoms with E-state index >= 15 is 0 Å². The van der Waals surface area contributed by atoms with Crippen LogP contribution < -0.4 is 21.7 Å². The van der Waals surface area contributed by atoms with Crippen LogP contribution in [0, 0.1) is 23.7 Å². The van der Waals surface area contributed by atoms with Crippen molar-refractivity contribution < 1.29 is 14.3 Å².